The van der Waals surface area contributed by atoms with Gasteiger partial charge in [-0.15, -0.1) is 0 Å². The van der Waals surface area contributed by atoms with Crippen LogP contribution in [-0.4, -0.2) is 9.97 Å². The maximum absolute atomic E-state index is 13.1. The molecule has 1 aromatic carbocycles. The normalized spacial score (nSPS) is 10.4. The molecule has 2 rings (SSSR count). The Kier molecular flexibility index (Phi) is 3.53. The number of rotatable bonds is 3. The van der Waals surface area contributed by atoms with Gasteiger partial charge < -0.3 is 10.5 Å². The van der Waals surface area contributed by atoms with Crippen molar-refractivity contribution < 1.29 is 9.13 Å². The van der Waals surface area contributed by atoms with Gasteiger partial charge in [-0.1, -0.05) is 6.07 Å². The van der Waals surface area contributed by atoms with E-state index in [9.17, 15) is 4.39 Å². The number of benzene rings is 1. The summed E-state index contributed by atoms with van der Waals surface area (Å²) in [4.78, 5) is 8.21. The first kappa shape index (κ1) is 12.4. The summed E-state index contributed by atoms with van der Waals surface area (Å²) < 4.78 is 18.6. The molecule has 5 heteroatoms. The largest absolute Gasteiger partial charge is 0.424 e. The number of nitrogens with zero attached hydrogens (tertiary/aromatic N) is 2. The van der Waals surface area contributed by atoms with Crippen LogP contribution in [0.1, 0.15) is 16.8 Å². The first-order valence-corrected chi connectivity index (χ1v) is 5.56. The Morgan fingerprint density at radius 3 is 2.78 bits per heavy atom. The maximum atomic E-state index is 13.1. The topological polar surface area (TPSA) is 61.0 Å². The predicted octanol–water partition coefficient (Wildman–Crippen LogP) is 2.48. The molecule has 0 atom stereocenters. The van der Waals surface area contributed by atoms with Crippen LogP contribution in [0, 0.1) is 19.7 Å². The van der Waals surface area contributed by atoms with Crippen molar-refractivity contribution in [3.8, 4) is 11.8 Å². The van der Waals surface area contributed by atoms with Gasteiger partial charge in [-0.3, -0.25) is 0 Å². The molecule has 18 heavy (non-hydrogen) atoms. The molecule has 0 spiro atoms. The van der Waals surface area contributed by atoms with Crippen LogP contribution in [0.15, 0.2) is 24.4 Å². The van der Waals surface area contributed by atoms with Crippen molar-refractivity contribution in [1.29, 1.82) is 0 Å². The van der Waals surface area contributed by atoms with E-state index in [0.29, 0.717) is 12.3 Å². The fourth-order valence-corrected chi connectivity index (χ4v) is 1.50. The highest BCUT2D eigenvalue weighted by Crippen LogP contribution is 2.23. The lowest BCUT2D eigenvalue weighted by molar-refractivity contribution is 0.432. The van der Waals surface area contributed by atoms with Crippen molar-refractivity contribution in [2.24, 2.45) is 5.73 Å². The van der Waals surface area contributed by atoms with Crippen LogP contribution in [0.3, 0.4) is 0 Å². The van der Waals surface area contributed by atoms with Crippen LogP contribution in [-0.2, 0) is 6.54 Å². The zero-order valence-corrected chi connectivity index (χ0v) is 10.3. The molecule has 0 aliphatic rings. The second-order valence-corrected chi connectivity index (χ2v) is 3.98. The molecule has 0 amide bonds. The van der Waals surface area contributed by atoms with Crippen molar-refractivity contribution in [1.82, 2.24) is 9.97 Å². The lowest BCUT2D eigenvalue weighted by Crippen LogP contribution is -2.03. The number of nitrogens with two attached hydrogens (primary N) is 1. The zero-order valence-electron chi connectivity index (χ0n) is 10.3. The van der Waals surface area contributed by atoms with Gasteiger partial charge in [0.05, 0.1) is 0 Å². The molecular weight excluding hydrogens is 233 g/mol. The number of ether oxygens (including phenoxy) is 1. The average Bonchev–Trinajstić information content (AvgIpc) is 2.34. The number of hydrogen-bond donors (Lipinski definition) is 1. The minimum absolute atomic E-state index is 0.193. The highest BCUT2D eigenvalue weighted by atomic mass is 19.1. The van der Waals surface area contributed by atoms with Gasteiger partial charge >= 0.3 is 6.01 Å². The van der Waals surface area contributed by atoms with Gasteiger partial charge in [0.25, 0.3) is 0 Å². The fourth-order valence-electron chi connectivity index (χ4n) is 1.50. The molecule has 0 aliphatic carbocycles. The van der Waals surface area contributed by atoms with Crippen LogP contribution < -0.4 is 10.5 Å². The smallest absolute Gasteiger partial charge is 0.322 e. The van der Waals surface area contributed by atoms with Crippen LogP contribution in [0.4, 0.5) is 4.39 Å². The summed E-state index contributed by atoms with van der Waals surface area (Å²) in [6.07, 6.45) is 1.62. The van der Waals surface area contributed by atoms with Crippen LogP contribution in [0.5, 0.6) is 11.8 Å². The quantitative estimate of drug-likeness (QED) is 0.905. The summed E-state index contributed by atoms with van der Waals surface area (Å²) in [5.74, 6) is 0.0563. The monoisotopic (exact) mass is 247 g/mol. The molecule has 0 saturated heterocycles. The molecule has 0 unspecified atom stereocenters. The molecule has 2 N–H and O–H groups in total. The Hall–Kier alpha value is -2.01. The van der Waals surface area contributed by atoms with Crippen molar-refractivity contribution in [3.63, 3.8) is 0 Å². The van der Waals surface area contributed by atoms with Gasteiger partial charge in [0.1, 0.15) is 11.6 Å². The molecule has 0 bridgehead atoms. The first-order valence-electron chi connectivity index (χ1n) is 5.56. The summed E-state index contributed by atoms with van der Waals surface area (Å²) in [6.45, 7) is 4.04. The van der Waals surface area contributed by atoms with Crippen molar-refractivity contribution in [2.45, 2.75) is 20.4 Å². The first-order chi connectivity index (χ1) is 8.60. The number of halogens is 1. The molecule has 0 aliphatic heterocycles. The van der Waals surface area contributed by atoms with E-state index in [4.69, 9.17) is 10.5 Å². The Morgan fingerprint density at radius 1 is 1.33 bits per heavy atom. The van der Waals surface area contributed by atoms with E-state index in [0.717, 1.165) is 16.8 Å². The van der Waals surface area contributed by atoms with Gasteiger partial charge in [0.2, 0.25) is 0 Å². The minimum atomic E-state index is -0.356. The van der Waals surface area contributed by atoms with E-state index < -0.39 is 0 Å². The molecule has 94 valence electrons. The molecule has 0 fully saturated rings. The SMILES string of the molecule is Cc1ccc(F)cc1Oc1ncc(CN)c(C)n1. The van der Waals surface area contributed by atoms with E-state index in [-0.39, 0.29) is 11.8 Å². The Balaban J connectivity index is 2.28. The van der Waals surface area contributed by atoms with Gasteiger partial charge in [-0.05, 0) is 25.5 Å². The highest BCUT2D eigenvalue weighted by molar-refractivity contribution is 5.34. The summed E-state index contributed by atoms with van der Waals surface area (Å²) >= 11 is 0. The third kappa shape index (κ3) is 2.62. The summed E-state index contributed by atoms with van der Waals surface area (Å²) in [5, 5.41) is 0. The van der Waals surface area contributed by atoms with Gasteiger partial charge in [-0.25, -0.2) is 9.37 Å². The second-order valence-electron chi connectivity index (χ2n) is 3.98. The number of aromatic nitrogens is 2. The summed E-state index contributed by atoms with van der Waals surface area (Å²) in [7, 11) is 0. The van der Waals surface area contributed by atoms with E-state index in [1.165, 1.54) is 12.1 Å². The Bertz CT molecular complexity index is 572. The molecule has 0 radical (unpaired) electrons. The lowest BCUT2D eigenvalue weighted by atomic mass is 10.2. The summed E-state index contributed by atoms with van der Waals surface area (Å²) in [6, 6.07) is 4.53. The summed E-state index contributed by atoms with van der Waals surface area (Å²) in [5.41, 5.74) is 7.97. The molecule has 1 heterocycles. The highest BCUT2D eigenvalue weighted by Gasteiger charge is 2.07. The van der Waals surface area contributed by atoms with Gasteiger partial charge in [0, 0.05) is 30.1 Å². The van der Waals surface area contributed by atoms with E-state index in [1.807, 2.05) is 13.8 Å². The third-order valence-corrected chi connectivity index (χ3v) is 2.63. The van der Waals surface area contributed by atoms with E-state index in [1.54, 1.807) is 12.3 Å². The van der Waals surface area contributed by atoms with Crippen LogP contribution in [0.2, 0.25) is 0 Å². The fraction of sp³-hybridized carbons (Fsp3) is 0.231. The third-order valence-electron chi connectivity index (χ3n) is 2.63. The number of hydrogen-bond acceptors (Lipinski definition) is 4. The minimum Gasteiger partial charge on any atom is -0.424 e. The van der Waals surface area contributed by atoms with Gasteiger partial charge in [0.15, 0.2) is 0 Å². The molecular formula is C13H14FN3O. The molecule has 0 saturated carbocycles. The van der Waals surface area contributed by atoms with Crippen LogP contribution in [0.25, 0.3) is 0 Å². The van der Waals surface area contributed by atoms with Crippen LogP contribution >= 0.6 is 0 Å². The maximum Gasteiger partial charge on any atom is 0.322 e. The molecule has 2 aromatic rings. The lowest BCUT2D eigenvalue weighted by Gasteiger charge is -2.08. The predicted molar refractivity (Wildman–Crippen MR) is 65.9 cm³/mol. The standard InChI is InChI=1S/C13H14FN3O/c1-8-3-4-11(14)5-12(8)18-13-16-7-10(6-15)9(2)17-13/h3-5,7H,6,15H2,1-2H3. The van der Waals surface area contributed by atoms with E-state index >= 15 is 0 Å². The zero-order chi connectivity index (χ0) is 13.1. The van der Waals surface area contributed by atoms with Crippen molar-refractivity contribution in [3.05, 3.63) is 47.0 Å². The molecule has 4 nitrogen and oxygen atoms in total. The van der Waals surface area contributed by atoms with Crippen molar-refractivity contribution >= 4 is 0 Å². The average molecular weight is 247 g/mol. The Morgan fingerprint density at radius 2 is 2.11 bits per heavy atom. The van der Waals surface area contributed by atoms with Crippen molar-refractivity contribution in [2.75, 3.05) is 0 Å². The second kappa shape index (κ2) is 5.10. The van der Waals surface area contributed by atoms with Gasteiger partial charge in [-0.2, -0.15) is 4.98 Å². The Labute approximate surface area is 105 Å². The number of aryl methyl sites for hydroxylation is 2. The van der Waals surface area contributed by atoms with E-state index in [2.05, 4.69) is 9.97 Å². The molecule has 1 aromatic heterocycles.